The highest BCUT2D eigenvalue weighted by atomic mass is 16.3. The van der Waals surface area contributed by atoms with Crippen molar-refractivity contribution in [3.8, 4) is 0 Å². The van der Waals surface area contributed by atoms with Crippen LogP contribution in [0.1, 0.15) is 0 Å². The fraction of sp³-hybridized carbons (Fsp3) is 0.400. The van der Waals surface area contributed by atoms with Gasteiger partial charge in [-0.1, -0.05) is 0 Å². The minimum Gasteiger partial charge on any atom is -0.391 e. The van der Waals surface area contributed by atoms with Crippen LogP contribution in [0.2, 0.25) is 0 Å². The summed E-state index contributed by atoms with van der Waals surface area (Å²) in [4.78, 5) is 10.7. The van der Waals surface area contributed by atoms with Crippen LogP contribution in [0.25, 0.3) is 0 Å². The Morgan fingerprint density at radius 2 is 2.40 bits per heavy atom. The fourth-order valence-corrected chi connectivity index (χ4v) is 0.621. The quantitative estimate of drug-likeness (QED) is 0.338. The Hall–Kier alpha value is -1.07. The molecular formula is C5H8N2O3. The van der Waals surface area contributed by atoms with Crippen LogP contribution >= 0.6 is 0 Å². The Morgan fingerprint density at radius 3 is 2.90 bits per heavy atom. The molecule has 5 nitrogen and oxygen atoms in total. The van der Waals surface area contributed by atoms with Crippen molar-refractivity contribution in [3.05, 3.63) is 11.8 Å². The zero-order valence-corrected chi connectivity index (χ0v) is 5.16. The largest absolute Gasteiger partial charge is 0.391 e. The van der Waals surface area contributed by atoms with Gasteiger partial charge in [-0.05, 0) is 0 Å². The van der Waals surface area contributed by atoms with Crippen LogP contribution in [0.5, 0.6) is 0 Å². The molecule has 1 rings (SSSR count). The topological polar surface area (TPSA) is 81.6 Å². The number of carbonyl (C=O) groups is 1. The summed E-state index contributed by atoms with van der Waals surface area (Å²) in [6.45, 7) is -0.328. The van der Waals surface area contributed by atoms with Crippen LogP contribution in [0.3, 0.4) is 0 Å². The zero-order valence-electron chi connectivity index (χ0n) is 5.16. The van der Waals surface area contributed by atoms with Crippen molar-refractivity contribution >= 4 is 5.91 Å². The molecule has 0 spiro atoms. The highest BCUT2D eigenvalue weighted by molar-refractivity contribution is 5.94. The van der Waals surface area contributed by atoms with Gasteiger partial charge in [0, 0.05) is 6.20 Å². The summed E-state index contributed by atoms with van der Waals surface area (Å²) in [6.07, 6.45) is 0.242. The van der Waals surface area contributed by atoms with Crippen molar-refractivity contribution in [2.75, 3.05) is 6.61 Å². The van der Waals surface area contributed by atoms with Gasteiger partial charge in [0.2, 0.25) is 6.35 Å². The van der Waals surface area contributed by atoms with Gasteiger partial charge in [-0.2, -0.15) is 0 Å². The molecule has 0 saturated heterocycles. The molecule has 4 N–H and O–H groups in total. The highest BCUT2D eigenvalue weighted by Gasteiger charge is 2.16. The van der Waals surface area contributed by atoms with Crippen molar-refractivity contribution in [1.29, 1.82) is 0 Å². The maximum Gasteiger partial charge on any atom is 0.254 e. The number of aliphatic hydroxyl groups excluding tert-OH is 2. The third kappa shape index (κ3) is 1.26. The van der Waals surface area contributed by atoms with Gasteiger partial charge in [0.05, 0.1) is 12.2 Å². The summed E-state index contributed by atoms with van der Waals surface area (Å²) < 4.78 is 0. The van der Waals surface area contributed by atoms with Crippen LogP contribution in [0.4, 0.5) is 0 Å². The van der Waals surface area contributed by atoms with Gasteiger partial charge in [0.25, 0.3) is 5.91 Å². The van der Waals surface area contributed by atoms with E-state index in [-0.39, 0.29) is 12.2 Å². The first kappa shape index (κ1) is 7.04. The Kier molecular flexibility index (Phi) is 1.88. The number of hydrogen-bond donors (Lipinski definition) is 4. The van der Waals surface area contributed by atoms with E-state index in [1.165, 1.54) is 6.20 Å². The maximum atomic E-state index is 10.7. The Bertz CT molecular complexity index is 178. The molecule has 1 aliphatic rings. The summed E-state index contributed by atoms with van der Waals surface area (Å²) in [7, 11) is 0. The van der Waals surface area contributed by atoms with E-state index in [0.29, 0.717) is 0 Å². The number of hydrogen-bond acceptors (Lipinski definition) is 4. The minimum atomic E-state index is -1.04. The molecule has 56 valence electrons. The monoisotopic (exact) mass is 144 g/mol. The summed E-state index contributed by atoms with van der Waals surface area (Å²) in [5, 5.41) is 21.8. The molecule has 0 saturated carbocycles. The molecule has 10 heavy (non-hydrogen) atoms. The van der Waals surface area contributed by atoms with Gasteiger partial charge in [-0.25, -0.2) is 0 Å². The average molecular weight is 144 g/mol. The molecule has 0 aromatic carbocycles. The number of carbonyl (C=O) groups excluding carboxylic acids is 1. The lowest BCUT2D eigenvalue weighted by molar-refractivity contribution is -0.122. The van der Waals surface area contributed by atoms with E-state index in [0.717, 1.165) is 0 Å². The Labute approximate surface area is 57.4 Å². The van der Waals surface area contributed by atoms with E-state index >= 15 is 0 Å². The van der Waals surface area contributed by atoms with Crippen LogP contribution in [-0.2, 0) is 4.79 Å². The smallest absolute Gasteiger partial charge is 0.254 e. The second-order valence-electron chi connectivity index (χ2n) is 1.87. The van der Waals surface area contributed by atoms with Gasteiger partial charge >= 0.3 is 0 Å². The summed E-state index contributed by atoms with van der Waals surface area (Å²) in [5.74, 6) is -0.450. The molecule has 1 unspecified atom stereocenters. The standard InChI is InChI=1S/C5H8N2O3/c8-2-3-1-6-5(10)7-4(3)9/h1,5-6,8,10H,2H2,(H,7,9). The molecule has 1 heterocycles. The van der Waals surface area contributed by atoms with Crippen molar-refractivity contribution < 1.29 is 15.0 Å². The van der Waals surface area contributed by atoms with Gasteiger partial charge in [-0.3, -0.25) is 4.79 Å². The predicted molar refractivity (Wildman–Crippen MR) is 32.5 cm³/mol. The predicted octanol–water partition coefficient (Wildman–Crippen LogP) is -2.14. The van der Waals surface area contributed by atoms with E-state index in [1.807, 2.05) is 0 Å². The summed E-state index contributed by atoms with van der Waals surface area (Å²) >= 11 is 0. The minimum absolute atomic E-state index is 0.213. The number of nitrogens with one attached hydrogen (secondary N) is 2. The van der Waals surface area contributed by atoms with E-state index < -0.39 is 12.3 Å². The second-order valence-corrected chi connectivity index (χ2v) is 1.87. The first-order valence-corrected chi connectivity index (χ1v) is 2.79. The van der Waals surface area contributed by atoms with Crippen LogP contribution in [0.15, 0.2) is 11.8 Å². The molecule has 0 bridgehead atoms. The molecule has 5 heteroatoms. The lowest BCUT2D eigenvalue weighted by Crippen LogP contribution is -2.48. The normalized spacial score (nSPS) is 24.8. The van der Waals surface area contributed by atoms with Crippen molar-refractivity contribution in [3.63, 3.8) is 0 Å². The maximum absolute atomic E-state index is 10.7. The van der Waals surface area contributed by atoms with Gasteiger partial charge in [0.1, 0.15) is 0 Å². The van der Waals surface area contributed by atoms with E-state index in [9.17, 15) is 4.79 Å². The molecule has 0 aliphatic carbocycles. The van der Waals surface area contributed by atoms with Gasteiger partial charge < -0.3 is 20.8 Å². The van der Waals surface area contributed by atoms with Crippen LogP contribution < -0.4 is 10.6 Å². The SMILES string of the molecule is O=C1NC(O)NC=C1CO. The third-order valence-corrected chi connectivity index (χ3v) is 1.15. The van der Waals surface area contributed by atoms with Gasteiger partial charge in [-0.15, -0.1) is 0 Å². The first-order chi connectivity index (χ1) is 4.74. The number of rotatable bonds is 1. The zero-order chi connectivity index (χ0) is 7.56. The molecule has 0 aromatic heterocycles. The van der Waals surface area contributed by atoms with Crippen molar-refractivity contribution in [2.24, 2.45) is 0 Å². The number of aliphatic hydroxyl groups is 2. The Balaban J connectivity index is 2.66. The Morgan fingerprint density at radius 1 is 1.70 bits per heavy atom. The molecule has 0 aromatic rings. The van der Waals surface area contributed by atoms with Crippen LogP contribution in [-0.4, -0.2) is 29.1 Å². The van der Waals surface area contributed by atoms with Crippen molar-refractivity contribution in [1.82, 2.24) is 10.6 Å². The lowest BCUT2D eigenvalue weighted by Gasteiger charge is -2.18. The summed E-state index contributed by atoms with van der Waals surface area (Å²) in [6, 6.07) is 0. The van der Waals surface area contributed by atoms with Crippen molar-refractivity contribution in [2.45, 2.75) is 6.35 Å². The van der Waals surface area contributed by atoms with E-state index in [1.54, 1.807) is 0 Å². The van der Waals surface area contributed by atoms with E-state index in [4.69, 9.17) is 10.2 Å². The van der Waals surface area contributed by atoms with Crippen LogP contribution in [0, 0.1) is 0 Å². The fourth-order valence-electron chi connectivity index (χ4n) is 0.621. The number of amides is 1. The lowest BCUT2D eigenvalue weighted by atomic mass is 10.2. The average Bonchev–Trinajstić information content (AvgIpc) is 1.88. The molecule has 1 aliphatic heterocycles. The molecule has 0 fully saturated rings. The third-order valence-electron chi connectivity index (χ3n) is 1.15. The summed E-state index contributed by atoms with van der Waals surface area (Å²) in [5.41, 5.74) is 0.213. The molecule has 0 radical (unpaired) electrons. The second kappa shape index (κ2) is 2.68. The van der Waals surface area contributed by atoms with E-state index in [2.05, 4.69) is 10.6 Å². The van der Waals surface area contributed by atoms with Gasteiger partial charge in [0.15, 0.2) is 0 Å². The first-order valence-electron chi connectivity index (χ1n) is 2.79. The molecule has 1 atom stereocenters. The highest BCUT2D eigenvalue weighted by Crippen LogP contribution is 1.95. The molecule has 1 amide bonds. The molecular weight excluding hydrogens is 136 g/mol.